The summed E-state index contributed by atoms with van der Waals surface area (Å²) in [6.45, 7) is 1.84. The van der Waals surface area contributed by atoms with Crippen LogP contribution in [0.15, 0.2) is 12.2 Å². The highest BCUT2D eigenvalue weighted by Gasteiger charge is 2.13. The quantitative estimate of drug-likeness (QED) is 0.389. The first-order valence-electron chi connectivity index (χ1n) is 6.78. The lowest BCUT2D eigenvalue weighted by Crippen LogP contribution is -2.19. The third kappa shape index (κ3) is 12.5. The van der Waals surface area contributed by atoms with Gasteiger partial charge < -0.3 is 29.2 Å². The van der Waals surface area contributed by atoms with E-state index in [0.717, 1.165) is 0 Å². The zero-order valence-corrected chi connectivity index (χ0v) is 12.9. The van der Waals surface area contributed by atoms with Crippen LogP contribution in [-0.2, 0) is 23.7 Å². The van der Waals surface area contributed by atoms with Crippen LogP contribution in [0.5, 0.6) is 0 Å². The van der Waals surface area contributed by atoms with Crippen LogP contribution >= 0.6 is 0 Å². The lowest BCUT2D eigenvalue weighted by molar-refractivity contribution is -0.141. The molecule has 0 aromatic carbocycles. The molecule has 0 aromatic heterocycles. The summed E-state index contributed by atoms with van der Waals surface area (Å²) in [6.07, 6.45) is 3.08. The molecule has 0 rings (SSSR count). The highest BCUT2D eigenvalue weighted by molar-refractivity contribution is 5.67. The van der Waals surface area contributed by atoms with E-state index in [4.69, 9.17) is 24.1 Å². The molecule has 0 fully saturated rings. The number of aliphatic carboxylic acids is 1. The van der Waals surface area contributed by atoms with E-state index in [9.17, 15) is 9.90 Å². The van der Waals surface area contributed by atoms with Gasteiger partial charge in [-0.25, -0.2) is 0 Å². The fourth-order valence-corrected chi connectivity index (χ4v) is 1.55. The van der Waals surface area contributed by atoms with Crippen molar-refractivity contribution in [3.63, 3.8) is 0 Å². The van der Waals surface area contributed by atoms with Crippen molar-refractivity contribution in [2.24, 2.45) is 0 Å². The maximum Gasteiger partial charge on any atom is 0.306 e. The van der Waals surface area contributed by atoms with Gasteiger partial charge in [-0.15, -0.1) is 0 Å². The van der Waals surface area contributed by atoms with E-state index in [1.165, 1.54) is 14.2 Å². The Kier molecular flexibility index (Phi) is 12.1. The molecule has 0 saturated carbocycles. The molecule has 0 aromatic rings. The lowest BCUT2D eigenvalue weighted by Gasteiger charge is -2.16. The number of aliphatic hydroxyl groups is 1. The average molecular weight is 306 g/mol. The monoisotopic (exact) mass is 306 g/mol. The van der Waals surface area contributed by atoms with Crippen LogP contribution in [0.3, 0.4) is 0 Å². The molecule has 124 valence electrons. The third-order valence-electron chi connectivity index (χ3n) is 2.59. The van der Waals surface area contributed by atoms with Crippen molar-refractivity contribution >= 4 is 5.97 Å². The molecule has 0 radical (unpaired) electrons. The van der Waals surface area contributed by atoms with E-state index in [-0.39, 0.29) is 26.1 Å². The molecule has 0 heterocycles. The summed E-state index contributed by atoms with van der Waals surface area (Å²) >= 11 is 0. The van der Waals surface area contributed by atoms with Crippen LogP contribution in [0, 0.1) is 0 Å². The van der Waals surface area contributed by atoms with Gasteiger partial charge in [0.25, 0.3) is 0 Å². The van der Waals surface area contributed by atoms with E-state index in [2.05, 4.69) is 0 Å². The zero-order valence-electron chi connectivity index (χ0n) is 12.9. The van der Waals surface area contributed by atoms with E-state index in [0.29, 0.717) is 12.8 Å². The summed E-state index contributed by atoms with van der Waals surface area (Å²) in [5, 5.41) is 18.1. The number of hydrogen-bond acceptors (Lipinski definition) is 6. The average Bonchev–Trinajstić information content (AvgIpc) is 2.42. The molecule has 0 aliphatic carbocycles. The second-order valence-electron chi connectivity index (χ2n) is 4.63. The van der Waals surface area contributed by atoms with Gasteiger partial charge in [0.1, 0.15) is 13.6 Å². The van der Waals surface area contributed by atoms with Gasteiger partial charge in [-0.2, -0.15) is 0 Å². The Morgan fingerprint density at radius 2 is 1.57 bits per heavy atom. The predicted molar refractivity (Wildman–Crippen MR) is 75.8 cm³/mol. The van der Waals surface area contributed by atoms with Gasteiger partial charge in [0.05, 0.1) is 24.7 Å². The minimum Gasteiger partial charge on any atom is -0.481 e. The molecule has 3 atom stereocenters. The highest BCUT2D eigenvalue weighted by Crippen LogP contribution is 2.10. The van der Waals surface area contributed by atoms with Crippen molar-refractivity contribution in [1.29, 1.82) is 0 Å². The van der Waals surface area contributed by atoms with Gasteiger partial charge in [0, 0.05) is 14.2 Å². The van der Waals surface area contributed by atoms with Crippen molar-refractivity contribution < 1.29 is 34.0 Å². The number of aliphatic hydroxyl groups excluding tert-OH is 1. The normalized spacial score (nSPS) is 16.0. The Labute approximate surface area is 125 Å². The second kappa shape index (κ2) is 12.7. The van der Waals surface area contributed by atoms with E-state index >= 15 is 0 Å². The minimum absolute atomic E-state index is 0.0134. The summed E-state index contributed by atoms with van der Waals surface area (Å²) in [7, 11) is 2.99. The van der Waals surface area contributed by atoms with E-state index in [1.807, 2.05) is 0 Å². The summed E-state index contributed by atoms with van der Waals surface area (Å²) in [5.74, 6) is -0.959. The molecule has 21 heavy (non-hydrogen) atoms. The van der Waals surface area contributed by atoms with Crippen molar-refractivity contribution in [2.45, 2.75) is 44.5 Å². The van der Waals surface area contributed by atoms with E-state index < -0.39 is 18.2 Å². The smallest absolute Gasteiger partial charge is 0.306 e. The largest absolute Gasteiger partial charge is 0.481 e. The Morgan fingerprint density at radius 3 is 2.05 bits per heavy atom. The van der Waals surface area contributed by atoms with E-state index in [1.54, 1.807) is 19.1 Å². The molecule has 7 heteroatoms. The Bertz CT molecular complexity index is 291. The molecular formula is C14H26O7. The number of hydrogen-bond donors (Lipinski definition) is 2. The van der Waals surface area contributed by atoms with Gasteiger partial charge in [0.2, 0.25) is 0 Å². The number of carboxylic acids is 1. The minimum atomic E-state index is -0.959. The highest BCUT2D eigenvalue weighted by atomic mass is 16.7. The summed E-state index contributed by atoms with van der Waals surface area (Å²) < 4.78 is 20.3. The lowest BCUT2D eigenvalue weighted by atomic mass is 10.1. The number of carbonyl (C=O) groups is 1. The predicted octanol–water partition coefficient (Wildman–Crippen LogP) is 1.16. The third-order valence-corrected chi connectivity index (χ3v) is 2.59. The first-order valence-corrected chi connectivity index (χ1v) is 6.78. The Balaban J connectivity index is 4.51. The second-order valence-corrected chi connectivity index (χ2v) is 4.63. The van der Waals surface area contributed by atoms with Gasteiger partial charge in [-0.3, -0.25) is 4.79 Å². The fraction of sp³-hybridized carbons (Fsp3) is 0.786. The van der Waals surface area contributed by atoms with Crippen LogP contribution in [-0.4, -0.2) is 62.3 Å². The summed E-state index contributed by atoms with van der Waals surface area (Å²) in [4.78, 5) is 10.8. The molecule has 7 nitrogen and oxygen atoms in total. The number of methoxy groups -OCH3 is 2. The van der Waals surface area contributed by atoms with Crippen LogP contribution in [0.1, 0.15) is 26.2 Å². The van der Waals surface area contributed by atoms with Gasteiger partial charge in [-0.05, 0) is 19.8 Å². The van der Waals surface area contributed by atoms with Crippen LogP contribution in [0.2, 0.25) is 0 Å². The molecule has 0 spiro atoms. The Hall–Kier alpha value is -0.990. The molecule has 0 amide bonds. The molecular weight excluding hydrogens is 280 g/mol. The van der Waals surface area contributed by atoms with Crippen LogP contribution < -0.4 is 0 Å². The fourth-order valence-electron chi connectivity index (χ4n) is 1.55. The first kappa shape index (κ1) is 20.0. The van der Waals surface area contributed by atoms with Crippen LogP contribution in [0.25, 0.3) is 0 Å². The molecule has 0 bridgehead atoms. The topological polar surface area (TPSA) is 94.5 Å². The maximum atomic E-state index is 10.8. The molecule has 0 aliphatic rings. The van der Waals surface area contributed by atoms with Crippen molar-refractivity contribution in [2.75, 3.05) is 27.8 Å². The summed E-state index contributed by atoms with van der Waals surface area (Å²) in [5.41, 5.74) is 0. The molecule has 0 unspecified atom stereocenters. The maximum absolute atomic E-state index is 10.8. The van der Waals surface area contributed by atoms with Gasteiger partial charge in [0.15, 0.2) is 0 Å². The SMILES string of the molecule is COCO[C@H](/C=C/[C@@H](CC(=O)O)OCOC)CC[C@@H](C)O. The molecule has 2 N–H and O–H groups in total. The van der Waals surface area contributed by atoms with Gasteiger partial charge in [-0.1, -0.05) is 12.2 Å². The first-order chi connectivity index (χ1) is 9.99. The molecule has 0 saturated heterocycles. The van der Waals surface area contributed by atoms with Crippen molar-refractivity contribution in [1.82, 2.24) is 0 Å². The number of carboxylic acid groups (broad SMARTS) is 1. The van der Waals surface area contributed by atoms with Crippen LogP contribution in [0.4, 0.5) is 0 Å². The molecule has 0 aliphatic heterocycles. The summed E-state index contributed by atoms with van der Waals surface area (Å²) in [6, 6.07) is 0. The zero-order chi connectivity index (χ0) is 16.1. The van der Waals surface area contributed by atoms with Crippen molar-refractivity contribution in [3.05, 3.63) is 12.2 Å². The number of ether oxygens (including phenoxy) is 4. The standard InChI is InChI=1S/C14H26O7/c1-11(15)4-5-12(20-9-18-2)6-7-13(8-14(16)17)21-10-19-3/h6-7,11-13,15H,4-5,8-10H2,1-3H3,(H,16,17)/b7-6+/t11-,12+,13+/m1/s1. The number of rotatable bonds is 13. The van der Waals surface area contributed by atoms with Crippen molar-refractivity contribution in [3.8, 4) is 0 Å². The van der Waals surface area contributed by atoms with Gasteiger partial charge >= 0.3 is 5.97 Å². The Morgan fingerprint density at radius 1 is 1.05 bits per heavy atom.